The number of benzene rings is 1. The SMILES string of the molecule is CCc1cccc(NC(=O)CN2CCN(c3cc(C)nc(C(C)C)n3)CC2)c1. The van der Waals surface area contributed by atoms with Gasteiger partial charge in [0.2, 0.25) is 5.91 Å². The number of amides is 1. The quantitative estimate of drug-likeness (QED) is 0.832. The Hall–Kier alpha value is -2.47. The van der Waals surface area contributed by atoms with E-state index in [2.05, 4.69) is 53.0 Å². The Labute approximate surface area is 168 Å². The van der Waals surface area contributed by atoms with Gasteiger partial charge in [-0.05, 0) is 31.0 Å². The first-order valence-electron chi connectivity index (χ1n) is 10.2. The number of aromatic nitrogens is 2. The Kier molecular flexibility index (Phi) is 6.62. The molecule has 1 aliphatic heterocycles. The number of hydrogen-bond donors (Lipinski definition) is 1. The van der Waals surface area contributed by atoms with Crippen LogP contribution < -0.4 is 10.2 Å². The largest absolute Gasteiger partial charge is 0.354 e. The maximum Gasteiger partial charge on any atom is 0.238 e. The lowest BCUT2D eigenvalue weighted by Gasteiger charge is -2.35. The van der Waals surface area contributed by atoms with Crippen molar-refractivity contribution in [3.8, 4) is 0 Å². The lowest BCUT2D eigenvalue weighted by Crippen LogP contribution is -2.49. The lowest BCUT2D eigenvalue weighted by molar-refractivity contribution is -0.117. The van der Waals surface area contributed by atoms with Crippen molar-refractivity contribution in [1.29, 1.82) is 0 Å². The van der Waals surface area contributed by atoms with E-state index in [0.29, 0.717) is 12.5 Å². The zero-order chi connectivity index (χ0) is 20.1. The van der Waals surface area contributed by atoms with Crippen molar-refractivity contribution in [2.45, 2.75) is 40.0 Å². The number of carbonyl (C=O) groups excluding carboxylic acids is 1. The van der Waals surface area contributed by atoms with Crippen LogP contribution in [0.3, 0.4) is 0 Å². The minimum atomic E-state index is 0.0432. The smallest absolute Gasteiger partial charge is 0.238 e. The molecule has 0 saturated carbocycles. The van der Waals surface area contributed by atoms with Crippen LogP contribution in [0.5, 0.6) is 0 Å². The summed E-state index contributed by atoms with van der Waals surface area (Å²) >= 11 is 0. The topological polar surface area (TPSA) is 61.4 Å². The van der Waals surface area contributed by atoms with E-state index in [9.17, 15) is 4.79 Å². The summed E-state index contributed by atoms with van der Waals surface area (Å²) in [4.78, 5) is 26.2. The third kappa shape index (κ3) is 5.29. The first-order chi connectivity index (χ1) is 13.4. The monoisotopic (exact) mass is 381 g/mol. The number of piperazine rings is 1. The van der Waals surface area contributed by atoms with E-state index >= 15 is 0 Å². The fraction of sp³-hybridized carbons (Fsp3) is 0.500. The molecule has 6 heteroatoms. The Morgan fingerprint density at radius 3 is 2.57 bits per heavy atom. The number of aryl methyl sites for hydroxylation is 2. The van der Waals surface area contributed by atoms with Crippen LogP contribution in [-0.4, -0.2) is 53.5 Å². The van der Waals surface area contributed by atoms with Crippen molar-refractivity contribution >= 4 is 17.4 Å². The molecule has 2 heterocycles. The van der Waals surface area contributed by atoms with Gasteiger partial charge in [0, 0.05) is 49.5 Å². The molecule has 1 aromatic carbocycles. The summed E-state index contributed by atoms with van der Waals surface area (Å²) in [6.45, 7) is 12.2. The van der Waals surface area contributed by atoms with Crippen LogP contribution in [0.25, 0.3) is 0 Å². The second kappa shape index (κ2) is 9.15. The predicted molar refractivity (Wildman–Crippen MR) is 114 cm³/mol. The third-order valence-corrected chi connectivity index (χ3v) is 5.06. The number of hydrogen-bond acceptors (Lipinski definition) is 5. The molecule has 0 spiro atoms. The molecule has 150 valence electrons. The van der Waals surface area contributed by atoms with E-state index < -0.39 is 0 Å². The molecule has 1 fully saturated rings. The fourth-order valence-corrected chi connectivity index (χ4v) is 3.40. The van der Waals surface area contributed by atoms with Gasteiger partial charge in [-0.2, -0.15) is 0 Å². The Morgan fingerprint density at radius 1 is 1.14 bits per heavy atom. The molecule has 2 aromatic rings. The first kappa shape index (κ1) is 20.3. The van der Waals surface area contributed by atoms with E-state index in [-0.39, 0.29) is 5.91 Å². The molecule has 28 heavy (non-hydrogen) atoms. The molecule has 1 saturated heterocycles. The van der Waals surface area contributed by atoms with Gasteiger partial charge in [-0.3, -0.25) is 9.69 Å². The second-order valence-electron chi connectivity index (χ2n) is 7.75. The summed E-state index contributed by atoms with van der Waals surface area (Å²) in [5.41, 5.74) is 3.11. The molecule has 0 unspecified atom stereocenters. The summed E-state index contributed by atoms with van der Waals surface area (Å²) in [6.07, 6.45) is 0.965. The van der Waals surface area contributed by atoms with Gasteiger partial charge in [0.05, 0.1) is 6.54 Å². The highest BCUT2D eigenvalue weighted by Gasteiger charge is 2.21. The van der Waals surface area contributed by atoms with Crippen LogP contribution in [0.15, 0.2) is 30.3 Å². The van der Waals surface area contributed by atoms with Crippen molar-refractivity contribution in [2.24, 2.45) is 0 Å². The van der Waals surface area contributed by atoms with Gasteiger partial charge in [-0.1, -0.05) is 32.9 Å². The number of nitrogens with one attached hydrogen (secondary N) is 1. The molecule has 0 bridgehead atoms. The molecule has 0 aliphatic carbocycles. The Bertz CT molecular complexity index is 812. The van der Waals surface area contributed by atoms with E-state index in [4.69, 9.17) is 4.98 Å². The van der Waals surface area contributed by atoms with Crippen LogP contribution in [0.1, 0.15) is 43.8 Å². The molecule has 0 atom stereocenters. The summed E-state index contributed by atoms with van der Waals surface area (Å²) in [7, 11) is 0. The molecule has 1 N–H and O–H groups in total. The summed E-state index contributed by atoms with van der Waals surface area (Å²) in [6, 6.07) is 10.1. The minimum Gasteiger partial charge on any atom is -0.354 e. The second-order valence-corrected chi connectivity index (χ2v) is 7.75. The van der Waals surface area contributed by atoms with Crippen LogP contribution in [0, 0.1) is 6.92 Å². The number of anilines is 2. The third-order valence-electron chi connectivity index (χ3n) is 5.06. The predicted octanol–water partition coefficient (Wildman–Crippen LogP) is 3.23. The van der Waals surface area contributed by atoms with Crippen molar-refractivity contribution in [3.63, 3.8) is 0 Å². The van der Waals surface area contributed by atoms with Gasteiger partial charge in [0.25, 0.3) is 0 Å². The van der Waals surface area contributed by atoms with E-state index in [1.165, 1.54) is 5.56 Å². The fourth-order valence-electron chi connectivity index (χ4n) is 3.40. The van der Waals surface area contributed by atoms with Crippen molar-refractivity contribution in [2.75, 3.05) is 42.9 Å². The highest BCUT2D eigenvalue weighted by Crippen LogP contribution is 2.19. The summed E-state index contributed by atoms with van der Waals surface area (Å²) in [5, 5.41) is 3.02. The van der Waals surface area contributed by atoms with Crippen molar-refractivity contribution in [1.82, 2.24) is 14.9 Å². The average molecular weight is 382 g/mol. The number of carbonyl (C=O) groups is 1. The molecule has 6 nitrogen and oxygen atoms in total. The normalized spacial score (nSPS) is 15.1. The lowest BCUT2D eigenvalue weighted by atomic mass is 10.1. The molecule has 1 aliphatic rings. The Balaban J connectivity index is 1.53. The standard InChI is InChI=1S/C22H31N5O/c1-5-18-7-6-8-19(14-18)24-21(28)15-26-9-11-27(12-10-26)20-13-17(4)23-22(25-20)16(2)3/h6-8,13-14,16H,5,9-12,15H2,1-4H3,(H,24,28). The Morgan fingerprint density at radius 2 is 1.89 bits per heavy atom. The summed E-state index contributed by atoms with van der Waals surface area (Å²) in [5.74, 6) is 2.25. The minimum absolute atomic E-state index is 0.0432. The first-order valence-corrected chi connectivity index (χ1v) is 10.2. The van der Waals surface area contributed by atoms with Gasteiger partial charge >= 0.3 is 0 Å². The van der Waals surface area contributed by atoms with E-state index in [0.717, 1.165) is 55.6 Å². The van der Waals surface area contributed by atoms with E-state index in [1.807, 2.05) is 25.1 Å². The van der Waals surface area contributed by atoms with Crippen LogP contribution in [-0.2, 0) is 11.2 Å². The molecule has 0 radical (unpaired) electrons. The van der Waals surface area contributed by atoms with Crippen LogP contribution in [0.4, 0.5) is 11.5 Å². The van der Waals surface area contributed by atoms with Gasteiger partial charge in [0.15, 0.2) is 0 Å². The highest BCUT2D eigenvalue weighted by atomic mass is 16.2. The molecule has 1 aromatic heterocycles. The average Bonchev–Trinajstić information content (AvgIpc) is 2.68. The zero-order valence-corrected chi connectivity index (χ0v) is 17.4. The van der Waals surface area contributed by atoms with Gasteiger partial charge in [-0.25, -0.2) is 9.97 Å². The number of nitrogens with zero attached hydrogens (tertiary/aromatic N) is 4. The van der Waals surface area contributed by atoms with Gasteiger partial charge in [-0.15, -0.1) is 0 Å². The molecular formula is C22H31N5O. The highest BCUT2D eigenvalue weighted by molar-refractivity contribution is 5.92. The van der Waals surface area contributed by atoms with Gasteiger partial charge in [0.1, 0.15) is 11.6 Å². The van der Waals surface area contributed by atoms with Crippen LogP contribution >= 0.6 is 0 Å². The zero-order valence-electron chi connectivity index (χ0n) is 17.4. The molecular weight excluding hydrogens is 350 g/mol. The molecule has 1 amide bonds. The van der Waals surface area contributed by atoms with Gasteiger partial charge < -0.3 is 10.2 Å². The van der Waals surface area contributed by atoms with Crippen LogP contribution in [0.2, 0.25) is 0 Å². The molecule has 3 rings (SSSR count). The van der Waals surface area contributed by atoms with Crippen molar-refractivity contribution < 1.29 is 4.79 Å². The maximum atomic E-state index is 12.4. The van der Waals surface area contributed by atoms with E-state index in [1.54, 1.807) is 0 Å². The number of rotatable bonds is 6. The summed E-state index contributed by atoms with van der Waals surface area (Å²) < 4.78 is 0. The van der Waals surface area contributed by atoms with Crippen molar-refractivity contribution in [3.05, 3.63) is 47.4 Å². The maximum absolute atomic E-state index is 12.4.